The SMILES string of the molecule is CCN(CC(N)=S)C(=O)CCOCC(F)(F)F. The van der Waals surface area contributed by atoms with Crippen molar-refractivity contribution in [3.05, 3.63) is 0 Å². The zero-order valence-corrected chi connectivity index (χ0v) is 10.2. The van der Waals surface area contributed by atoms with E-state index in [1.807, 2.05) is 0 Å². The highest BCUT2D eigenvalue weighted by Crippen LogP contribution is 2.14. The summed E-state index contributed by atoms with van der Waals surface area (Å²) in [7, 11) is 0. The summed E-state index contributed by atoms with van der Waals surface area (Å²) in [5.41, 5.74) is 5.28. The van der Waals surface area contributed by atoms with Gasteiger partial charge in [-0.2, -0.15) is 13.2 Å². The van der Waals surface area contributed by atoms with Gasteiger partial charge < -0.3 is 15.4 Å². The maximum absolute atomic E-state index is 11.7. The Morgan fingerprint density at radius 2 is 2.06 bits per heavy atom. The Balaban J connectivity index is 3.87. The lowest BCUT2D eigenvalue weighted by atomic mass is 10.3. The number of nitrogens with zero attached hydrogens (tertiary/aromatic N) is 1. The van der Waals surface area contributed by atoms with Crippen LogP contribution in [0.4, 0.5) is 13.2 Å². The molecule has 0 atom stereocenters. The molecule has 0 spiro atoms. The van der Waals surface area contributed by atoms with Crippen LogP contribution in [-0.2, 0) is 9.53 Å². The van der Waals surface area contributed by atoms with E-state index in [2.05, 4.69) is 17.0 Å². The number of hydrogen-bond donors (Lipinski definition) is 1. The Morgan fingerprint density at radius 3 is 2.47 bits per heavy atom. The second-order valence-electron chi connectivity index (χ2n) is 3.29. The van der Waals surface area contributed by atoms with Crippen LogP contribution in [0.25, 0.3) is 0 Å². The van der Waals surface area contributed by atoms with Gasteiger partial charge in [0.2, 0.25) is 5.91 Å². The molecule has 0 bridgehead atoms. The van der Waals surface area contributed by atoms with E-state index in [-0.39, 0.29) is 30.5 Å². The average molecular weight is 272 g/mol. The second-order valence-corrected chi connectivity index (χ2v) is 3.82. The highest BCUT2D eigenvalue weighted by molar-refractivity contribution is 7.80. The van der Waals surface area contributed by atoms with E-state index in [1.165, 1.54) is 4.90 Å². The summed E-state index contributed by atoms with van der Waals surface area (Å²) in [5, 5.41) is 0. The van der Waals surface area contributed by atoms with Gasteiger partial charge in [0.15, 0.2) is 0 Å². The van der Waals surface area contributed by atoms with Crippen LogP contribution < -0.4 is 5.73 Å². The third-order valence-corrected chi connectivity index (χ3v) is 1.94. The molecular weight excluding hydrogens is 257 g/mol. The van der Waals surface area contributed by atoms with Crippen molar-refractivity contribution in [1.82, 2.24) is 4.90 Å². The number of thiocarbonyl (C=S) groups is 1. The van der Waals surface area contributed by atoms with Gasteiger partial charge in [-0.15, -0.1) is 0 Å². The Morgan fingerprint density at radius 1 is 1.47 bits per heavy atom. The highest BCUT2D eigenvalue weighted by Gasteiger charge is 2.27. The van der Waals surface area contributed by atoms with Gasteiger partial charge in [-0.1, -0.05) is 12.2 Å². The van der Waals surface area contributed by atoms with Crippen LogP contribution in [0.5, 0.6) is 0 Å². The zero-order chi connectivity index (χ0) is 13.5. The van der Waals surface area contributed by atoms with Crippen LogP contribution in [0.3, 0.4) is 0 Å². The Bertz CT molecular complexity index is 271. The summed E-state index contributed by atoms with van der Waals surface area (Å²) in [6.45, 7) is 0.639. The summed E-state index contributed by atoms with van der Waals surface area (Å²) in [4.78, 5) is 13.0. The summed E-state index contributed by atoms with van der Waals surface area (Å²) >= 11 is 4.65. The predicted octanol–water partition coefficient (Wildman–Crippen LogP) is 1.09. The van der Waals surface area contributed by atoms with Gasteiger partial charge in [0.25, 0.3) is 0 Å². The summed E-state index contributed by atoms with van der Waals surface area (Å²) in [6, 6.07) is 0. The third kappa shape index (κ3) is 8.87. The van der Waals surface area contributed by atoms with Crippen molar-refractivity contribution >= 4 is 23.1 Å². The number of amides is 1. The first-order valence-corrected chi connectivity index (χ1v) is 5.37. The lowest BCUT2D eigenvalue weighted by Crippen LogP contribution is -2.38. The van der Waals surface area contributed by atoms with Crippen molar-refractivity contribution in [2.75, 3.05) is 26.3 Å². The van der Waals surface area contributed by atoms with Crippen LogP contribution >= 0.6 is 12.2 Å². The number of ether oxygens (including phenoxy) is 1. The molecule has 0 heterocycles. The Labute approximate surface area is 103 Å². The maximum Gasteiger partial charge on any atom is 0.411 e. The van der Waals surface area contributed by atoms with E-state index in [0.29, 0.717) is 6.54 Å². The quantitative estimate of drug-likeness (QED) is 0.557. The molecule has 0 aliphatic rings. The monoisotopic (exact) mass is 272 g/mol. The molecule has 0 aliphatic carbocycles. The van der Waals surface area contributed by atoms with Gasteiger partial charge in [0.1, 0.15) is 6.61 Å². The number of nitrogens with two attached hydrogens (primary N) is 1. The summed E-state index contributed by atoms with van der Waals surface area (Å²) in [5.74, 6) is -0.331. The maximum atomic E-state index is 11.7. The molecule has 8 heteroatoms. The first-order valence-electron chi connectivity index (χ1n) is 4.97. The largest absolute Gasteiger partial charge is 0.411 e. The van der Waals surface area contributed by atoms with Gasteiger partial charge in [-0.3, -0.25) is 4.79 Å². The molecule has 0 saturated carbocycles. The molecule has 0 rings (SSSR count). The molecule has 17 heavy (non-hydrogen) atoms. The molecule has 0 unspecified atom stereocenters. The van der Waals surface area contributed by atoms with Crippen molar-refractivity contribution < 1.29 is 22.7 Å². The van der Waals surface area contributed by atoms with Crippen molar-refractivity contribution in [3.63, 3.8) is 0 Å². The molecule has 0 aromatic carbocycles. The lowest BCUT2D eigenvalue weighted by Gasteiger charge is -2.20. The molecule has 2 N–H and O–H groups in total. The number of alkyl halides is 3. The molecule has 0 radical (unpaired) electrons. The van der Waals surface area contributed by atoms with Crippen LogP contribution in [0, 0.1) is 0 Å². The van der Waals surface area contributed by atoms with E-state index >= 15 is 0 Å². The number of hydrogen-bond acceptors (Lipinski definition) is 3. The van der Waals surface area contributed by atoms with E-state index in [0.717, 1.165) is 0 Å². The predicted molar refractivity (Wildman–Crippen MR) is 60.5 cm³/mol. The van der Waals surface area contributed by atoms with Gasteiger partial charge in [0, 0.05) is 6.54 Å². The van der Waals surface area contributed by atoms with Gasteiger partial charge in [-0.05, 0) is 6.92 Å². The fourth-order valence-corrected chi connectivity index (χ4v) is 1.23. The minimum absolute atomic E-state index is 0.119. The standard InChI is InChI=1S/C9H15F3N2O2S/c1-2-14(5-7(13)17)8(15)3-4-16-6-9(10,11)12/h2-6H2,1H3,(H2,13,17). The van der Waals surface area contributed by atoms with Crippen molar-refractivity contribution in [3.8, 4) is 0 Å². The topological polar surface area (TPSA) is 55.6 Å². The number of carbonyl (C=O) groups is 1. The van der Waals surface area contributed by atoms with Crippen LogP contribution in [0.15, 0.2) is 0 Å². The molecule has 0 aliphatic heterocycles. The van der Waals surface area contributed by atoms with Crippen molar-refractivity contribution in [1.29, 1.82) is 0 Å². The van der Waals surface area contributed by atoms with Gasteiger partial charge in [0.05, 0.1) is 24.6 Å². The average Bonchev–Trinajstić information content (AvgIpc) is 2.19. The number of carbonyl (C=O) groups excluding carboxylic acids is 1. The molecule has 0 aromatic heterocycles. The molecule has 1 amide bonds. The third-order valence-electron chi connectivity index (χ3n) is 1.81. The first kappa shape index (κ1) is 16.1. The van der Waals surface area contributed by atoms with E-state index < -0.39 is 12.8 Å². The van der Waals surface area contributed by atoms with Crippen molar-refractivity contribution in [2.45, 2.75) is 19.5 Å². The number of halogens is 3. The fourth-order valence-electron chi connectivity index (χ4n) is 1.07. The van der Waals surface area contributed by atoms with E-state index in [4.69, 9.17) is 5.73 Å². The molecule has 0 fully saturated rings. The Hall–Kier alpha value is -0.890. The summed E-state index contributed by atoms with van der Waals surface area (Å²) < 4.78 is 39.5. The molecule has 0 aromatic rings. The minimum Gasteiger partial charge on any atom is -0.392 e. The Kier molecular flexibility index (Phi) is 7.05. The number of rotatable bonds is 7. The zero-order valence-electron chi connectivity index (χ0n) is 9.42. The smallest absolute Gasteiger partial charge is 0.392 e. The second kappa shape index (κ2) is 7.44. The van der Waals surface area contributed by atoms with E-state index in [9.17, 15) is 18.0 Å². The van der Waals surface area contributed by atoms with Gasteiger partial charge >= 0.3 is 6.18 Å². The first-order chi connectivity index (χ1) is 7.76. The lowest BCUT2D eigenvalue weighted by molar-refractivity contribution is -0.175. The normalized spacial score (nSPS) is 11.3. The van der Waals surface area contributed by atoms with Crippen molar-refractivity contribution in [2.24, 2.45) is 5.73 Å². The van der Waals surface area contributed by atoms with E-state index in [1.54, 1.807) is 6.92 Å². The fraction of sp³-hybridized carbons (Fsp3) is 0.778. The van der Waals surface area contributed by atoms with Crippen LogP contribution in [0.2, 0.25) is 0 Å². The molecule has 100 valence electrons. The van der Waals surface area contributed by atoms with Gasteiger partial charge in [-0.25, -0.2) is 0 Å². The summed E-state index contributed by atoms with van der Waals surface area (Å²) in [6.07, 6.45) is -4.49. The molecule has 4 nitrogen and oxygen atoms in total. The molecule has 0 saturated heterocycles. The van der Waals surface area contributed by atoms with Crippen LogP contribution in [-0.4, -0.2) is 48.3 Å². The highest BCUT2D eigenvalue weighted by atomic mass is 32.1. The number of likely N-dealkylation sites (N-methyl/N-ethyl adjacent to an activating group) is 1. The molecular formula is C9H15F3N2O2S. The van der Waals surface area contributed by atoms with Crippen LogP contribution in [0.1, 0.15) is 13.3 Å². The minimum atomic E-state index is -4.37.